The maximum atomic E-state index is 10.8. The normalized spacial score (nSPS) is 11.0. The van der Waals surface area contributed by atoms with E-state index in [-0.39, 0.29) is 6.54 Å². The molecular formula is C18H15N5O3. The second-order valence-corrected chi connectivity index (χ2v) is 5.76. The fourth-order valence-corrected chi connectivity index (χ4v) is 2.78. The number of hydrogen-bond acceptors (Lipinski definition) is 6. The number of aryl methyl sites for hydroxylation is 1. The van der Waals surface area contributed by atoms with Crippen molar-refractivity contribution in [1.29, 1.82) is 0 Å². The Morgan fingerprint density at radius 3 is 2.85 bits per heavy atom. The number of carboxylic acid groups (broad SMARTS) is 1. The number of hydrogen-bond donors (Lipinski definition) is 3. The Labute approximate surface area is 147 Å². The molecule has 4 aromatic rings. The summed E-state index contributed by atoms with van der Waals surface area (Å²) in [5.41, 5.74) is 3.37. The molecule has 0 saturated carbocycles. The molecule has 0 aliphatic rings. The van der Waals surface area contributed by atoms with Gasteiger partial charge in [-0.1, -0.05) is 23.4 Å². The number of H-pyrrole nitrogens is 1. The van der Waals surface area contributed by atoms with E-state index >= 15 is 0 Å². The SMILES string of the molecule is Cc1nc(-c2cccc(-c3cc(NCC(=O)O)nc4[nH]ccc34)c2)no1. The lowest BCUT2D eigenvalue weighted by Crippen LogP contribution is -2.13. The second-order valence-electron chi connectivity index (χ2n) is 5.76. The predicted octanol–water partition coefficient (Wildman–Crippen LogP) is 3.08. The smallest absolute Gasteiger partial charge is 0.322 e. The molecule has 0 fully saturated rings. The van der Waals surface area contributed by atoms with Crippen LogP contribution in [-0.2, 0) is 4.79 Å². The van der Waals surface area contributed by atoms with Crippen LogP contribution in [0.5, 0.6) is 0 Å². The molecule has 0 bridgehead atoms. The lowest BCUT2D eigenvalue weighted by atomic mass is 10.0. The summed E-state index contributed by atoms with van der Waals surface area (Å²) in [6.07, 6.45) is 1.80. The Morgan fingerprint density at radius 2 is 2.08 bits per heavy atom. The predicted molar refractivity (Wildman–Crippen MR) is 95.7 cm³/mol. The summed E-state index contributed by atoms with van der Waals surface area (Å²) in [6.45, 7) is 1.54. The van der Waals surface area contributed by atoms with Gasteiger partial charge in [0.15, 0.2) is 0 Å². The molecule has 26 heavy (non-hydrogen) atoms. The van der Waals surface area contributed by atoms with Gasteiger partial charge in [0.25, 0.3) is 0 Å². The molecule has 3 heterocycles. The zero-order valence-corrected chi connectivity index (χ0v) is 13.9. The summed E-state index contributed by atoms with van der Waals surface area (Å²) in [5, 5.41) is 16.6. The number of rotatable bonds is 5. The number of anilines is 1. The van der Waals surface area contributed by atoms with Crippen LogP contribution in [0.3, 0.4) is 0 Å². The van der Waals surface area contributed by atoms with E-state index in [9.17, 15) is 4.79 Å². The summed E-state index contributed by atoms with van der Waals surface area (Å²) in [5.74, 6) is 0.558. The van der Waals surface area contributed by atoms with Crippen molar-refractivity contribution in [3.63, 3.8) is 0 Å². The zero-order chi connectivity index (χ0) is 18.1. The van der Waals surface area contributed by atoms with E-state index in [1.807, 2.05) is 36.4 Å². The van der Waals surface area contributed by atoms with Crippen molar-refractivity contribution in [3.05, 3.63) is 48.5 Å². The van der Waals surface area contributed by atoms with Crippen LogP contribution in [0.15, 0.2) is 47.1 Å². The van der Waals surface area contributed by atoms with Crippen molar-refractivity contribution < 1.29 is 14.4 Å². The molecule has 8 heteroatoms. The van der Waals surface area contributed by atoms with Crippen LogP contribution in [0, 0.1) is 6.92 Å². The van der Waals surface area contributed by atoms with E-state index in [4.69, 9.17) is 9.63 Å². The standard InChI is InChI=1S/C18H15N5O3/c1-10-21-17(23-26-10)12-4-2-3-11(7-12)14-8-15(20-9-16(24)25)22-18-13(14)5-6-19-18/h2-8H,9H2,1H3,(H,24,25)(H2,19,20,22). The largest absolute Gasteiger partial charge is 0.480 e. The molecule has 0 aliphatic carbocycles. The van der Waals surface area contributed by atoms with E-state index in [1.165, 1.54) is 0 Å². The number of pyridine rings is 1. The fraction of sp³-hybridized carbons (Fsp3) is 0.111. The van der Waals surface area contributed by atoms with Crippen LogP contribution in [0.25, 0.3) is 33.5 Å². The Balaban J connectivity index is 1.80. The molecule has 0 radical (unpaired) electrons. The molecule has 1 aromatic carbocycles. The summed E-state index contributed by atoms with van der Waals surface area (Å²) >= 11 is 0. The average molecular weight is 349 g/mol. The minimum atomic E-state index is -0.950. The van der Waals surface area contributed by atoms with E-state index in [1.54, 1.807) is 13.1 Å². The summed E-state index contributed by atoms with van der Waals surface area (Å²) in [4.78, 5) is 22.6. The van der Waals surface area contributed by atoms with Crippen LogP contribution in [0.1, 0.15) is 5.89 Å². The summed E-state index contributed by atoms with van der Waals surface area (Å²) < 4.78 is 5.05. The number of nitrogens with one attached hydrogen (secondary N) is 2. The van der Waals surface area contributed by atoms with Gasteiger partial charge in [0.2, 0.25) is 11.7 Å². The third kappa shape index (κ3) is 3.00. The maximum absolute atomic E-state index is 10.8. The van der Waals surface area contributed by atoms with Crippen molar-refractivity contribution in [1.82, 2.24) is 20.1 Å². The fourth-order valence-electron chi connectivity index (χ4n) is 2.78. The Bertz CT molecular complexity index is 1100. The Kier molecular flexibility index (Phi) is 3.85. The topological polar surface area (TPSA) is 117 Å². The summed E-state index contributed by atoms with van der Waals surface area (Å²) in [6, 6.07) is 11.5. The van der Waals surface area contributed by atoms with Crippen molar-refractivity contribution in [2.24, 2.45) is 0 Å². The maximum Gasteiger partial charge on any atom is 0.322 e. The molecular weight excluding hydrogens is 334 g/mol. The van der Waals surface area contributed by atoms with Gasteiger partial charge in [-0.05, 0) is 29.3 Å². The van der Waals surface area contributed by atoms with E-state index in [2.05, 4.69) is 25.4 Å². The number of fused-ring (bicyclic) bond motifs is 1. The van der Waals surface area contributed by atoms with Crippen LogP contribution < -0.4 is 5.32 Å². The van der Waals surface area contributed by atoms with Gasteiger partial charge in [0.1, 0.15) is 18.0 Å². The first-order chi connectivity index (χ1) is 12.6. The number of carbonyl (C=O) groups is 1. The van der Waals surface area contributed by atoms with Crippen LogP contribution in [0.4, 0.5) is 5.82 Å². The van der Waals surface area contributed by atoms with Gasteiger partial charge >= 0.3 is 5.97 Å². The van der Waals surface area contributed by atoms with Crippen molar-refractivity contribution in [2.45, 2.75) is 6.92 Å². The van der Waals surface area contributed by atoms with Crippen molar-refractivity contribution in [2.75, 3.05) is 11.9 Å². The lowest BCUT2D eigenvalue weighted by Gasteiger charge is -2.09. The monoisotopic (exact) mass is 349 g/mol. The molecule has 3 aromatic heterocycles. The number of aromatic amines is 1. The first-order valence-electron chi connectivity index (χ1n) is 7.95. The highest BCUT2D eigenvalue weighted by molar-refractivity contribution is 5.95. The number of aliphatic carboxylic acids is 1. The van der Waals surface area contributed by atoms with Gasteiger partial charge in [-0.2, -0.15) is 4.98 Å². The molecule has 130 valence electrons. The molecule has 8 nitrogen and oxygen atoms in total. The van der Waals surface area contributed by atoms with Crippen LogP contribution >= 0.6 is 0 Å². The third-order valence-electron chi connectivity index (χ3n) is 3.91. The highest BCUT2D eigenvalue weighted by atomic mass is 16.5. The van der Waals surface area contributed by atoms with Crippen molar-refractivity contribution in [3.8, 4) is 22.5 Å². The van der Waals surface area contributed by atoms with Gasteiger partial charge in [0.05, 0.1) is 0 Å². The third-order valence-corrected chi connectivity index (χ3v) is 3.91. The minimum Gasteiger partial charge on any atom is -0.480 e. The van der Waals surface area contributed by atoms with Gasteiger partial charge < -0.3 is 19.9 Å². The van der Waals surface area contributed by atoms with Gasteiger partial charge in [0, 0.05) is 24.1 Å². The van der Waals surface area contributed by atoms with Gasteiger partial charge in [-0.15, -0.1) is 0 Å². The van der Waals surface area contributed by atoms with Crippen LogP contribution in [0.2, 0.25) is 0 Å². The lowest BCUT2D eigenvalue weighted by molar-refractivity contribution is -0.134. The quantitative estimate of drug-likeness (QED) is 0.507. The Hall–Kier alpha value is -3.68. The van der Waals surface area contributed by atoms with Crippen LogP contribution in [-0.4, -0.2) is 37.7 Å². The first-order valence-corrected chi connectivity index (χ1v) is 7.95. The van der Waals surface area contributed by atoms with E-state index < -0.39 is 5.97 Å². The molecule has 0 amide bonds. The molecule has 0 aliphatic heterocycles. The first kappa shape index (κ1) is 15.8. The molecule has 0 atom stereocenters. The van der Waals surface area contributed by atoms with Crippen molar-refractivity contribution >= 4 is 22.8 Å². The molecule has 0 unspecified atom stereocenters. The number of benzene rings is 1. The van der Waals surface area contributed by atoms with Gasteiger partial charge in [-0.3, -0.25) is 4.79 Å². The average Bonchev–Trinajstić information content (AvgIpc) is 3.28. The van der Waals surface area contributed by atoms with E-state index in [0.717, 1.165) is 22.1 Å². The zero-order valence-electron chi connectivity index (χ0n) is 13.9. The minimum absolute atomic E-state index is 0.208. The molecule has 4 rings (SSSR count). The Morgan fingerprint density at radius 1 is 1.23 bits per heavy atom. The number of carboxylic acids is 1. The molecule has 0 spiro atoms. The second kappa shape index (κ2) is 6.32. The summed E-state index contributed by atoms with van der Waals surface area (Å²) in [7, 11) is 0. The van der Waals surface area contributed by atoms with E-state index in [0.29, 0.717) is 23.2 Å². The van der Waals surface area contributed by atoms with Gasteiger partial charge in [-0.25, -0.2) is 4.98 Å². The molecule has 3 N–H and O–H groups in total. The number of aromatic nitrogens is 4. The molecule has 0 saturated heterocycles. The number of nitrogens with zero attached hydrogens (tertiary/aromatic N) is 3. The highest BCUT2D eigenvalue weighted by Gasteiger charge is 2.12. The highest BCUT2D eigenvalue weighted by Crippen LogP contribution is 2.32.